The fourth-order valence-electron chi connectivity index (χ4n) is 3.74. The van der Waals surface area contributed by atoms with E-state index in [-0.39, 0.29) is 23.7 Å². The molecule has 1 aliphatic heterocycles. The summed E-state index contributed by atoms with van der Waals surface area (Å²) in [5.41, 5.74) is 0.0325. The Morgan fingerprint density at radius 1 is 1.15 bits per heavy atom. The maximum atomic E-state index is 12.3. The molecular formula is C18H24N4O4. The molecule has 1 aliphatic carbocycles. The zero-order chi connectivity index (χ0) is 18.5. The number of nitro benzene ring substituents is 1. The van der Waals surface area contributed by atoms with Crippen molar-refractivity contribution in [3.8, 4) is 0 Å². The molecule has 8 nitrogen and oxygen atoms in total. The van der Waals surface area contributed by atoms with Crippen molar-refractivity contribution in [2.75, 3.05) is 32.7 Å². The minimum absolute atomic E-state index is 0.0923. The number of nitro groups is 1. The van der Waals surface area contributed by atoms with Gasteiger partial charge in [0.05, 0.1) is 11.5 Å². The van der Waals surface area contributed by atoms with Crippen molar-refractivity contribution in [3.05, 3.63) is 39.9 Å². The molecule has 0 unspecified atom stereocenters. The fraction of sp³-hybridized carbons (Fsp3) is 0.556. The van der Waals surface area contributed by atoms with Crippen LogP contribution in [0.25, 0.3) is 0 Å². The van der Waals surface area contributed by atoms with E-state index in [2.05, 4.69) is 10.2 Å². The Kier molecular flexibility index (Phi) is 5.82. The number of nitrogens with zero attached hydrogens (tertiary/aromatic N) is 3. The quantitative estimate of drug-likeness (QED) is 0.633. The van der Waals surface area contributed by atoms with Crippen molar-refractivity contribution in [3.63, 3.8) is 0 Å². The maximum absolute atomic E-state index is 12.3. The lowest BCUT2D eigenvalue weighted by Gasteiger charge is -2.38. The smallest absolute Gasteiger partial charge is 0.270 e. The van der Waals surface area contributed by atoms with E-state index >= 15 is 0 Å². The highest BCUT2D eigenvalue weighted by atomic mass is 16.6. The summed E-state index contributed by atoms with van der Waals surface area (Å²) in [6.07, 6.45) is 5.11. The summed E-state index contributed by atoms with van der Waals surface area (Å²) in [6, 6.07) is 6.15. The van der Waals surface area contributed by atoms with Gasteiger partial charge in [0, 0.05) is 49.9 Å². The third kappa shape index (κ3) is 4.37. The van der Waals surface area contributed by atoms with E-state index in [4.69, 9.17) is 0 Å². The lowest BCUT2D eigenvalue weighted by atomic mass is 10.1. The van der Waals surface area contributed by atoms with Crippen LogP contribution in [0.2, 0.25) is 0 Å². The number of nitrogens with one attached hydrogen (secondary N) is 1. The third-order valence-corrected chi connectivity index (χ3v) is 5.23. The van der Waals surface area contributed by atoms with Crippen LogP contribution in [0.5, 0.6) is 0 Å². The Morgan fingerprint density at radius 3 is 2.50 bits per heavy atom. The van der Waals surface area contributed by atoms with Crippen LogP contribution in [0.4, 0.5) is 5.69 Å². The van der Waals surface area contributed by atoms with Crippen molar-refractivity contribution in [2.24, 2.45) is 0 Å². The molecule has 26 heavy (non-hydrogen) atoms. The Balaban J connectivity index is 1.46. The van der Waals surface area contributed by atoms with Gasteiger partial charge in [0.15, 0.2) is 0 Å². The maximum Gasteiger partial charge on any atom is 0.270 e. The van der Waals surface area contributed by atoms with E-state index in [1.807, 2.05) is 0 Å². The van der Waals surface area contributed by atoms with Crippen LogP contribution in [0.15, 0.2) is 24.3 Å². The van der Waals surface area contributed by atoms with Crippen LogP contribution in [0.1, 0.15) is 36.0 Å². The first-order valence-electron chi connectivity index (χ1n) is 9.09. The average molecular weight is 360 g/mol. The number of rotatable bonds is 5. The van der Waals surface area contributed by atoms with Gasteiger partial charge in [-0.1, -0.05) is 18.9 Å². The van der Waals surface area contributed by atoms with Gasteiger partial charge in [-0.25, -0.2) is 0 Å². The standard InChI is InChI=1S/C18H24N4O4/c23-17(21-10-8-20(9-11-21)15-5-1-2-6-15)13-19-18(24)14-4-3-7-16(12-14)22(25)26/h3-4,7,12,15H,1-2,5-6,8-11,13H2,(H,19,24). The highest BCUT2D eigenvalue weighted by Crippen LogP contribution is 2.24. The van der Waals surface area contributed by atoms with Gasteiger partial charge in [0.2, 0.25) is 5.91 Å². The lowest BCUT2D eigenvalue weighted by molar-refractivity contribution is -0.384. The van der Waals surface area contributed by atoms with Crippen LogP contribution in [-0.4, -0.2) is 65.3 Å². The lowest BCUT2D eigenvalue weighted by Crippen LogP contribution is -2.53. The molecule has 1 saturated carbocycles. The van der Waals surface area contributed by atoms with E-state index in [1.165, 1.54) is 49.9 Å². The number of amides is 2. The van der Waals surface area contributed by atoms with E-state index in [1.54, 1.807) is 4.90 Å². The Labute approximate surface area is 152 Å². The number of carbonyl (C=O) groups excluding carboxylic acids is 2. The van der Waals surface area contributed by atoms with Crippen LogP contribution in [0.3, 0.4) is 0 Å². The zero-order valence-corrected chi connectivity index (χ0v) is 14.7. The summed E-state index contributed by atoms with van der Waals surface area (Å²) < 4.78 is 0. The van der Waals surface area contributed by atoms with Crippen molar-refractivity contribution in [2.45, 2.75) is 31.7 Å². The van der Waals surface area contributed by atoms with E-state index < -0.39 is 10.8 Å². The van der Waals surface area contributed by atoms with Crippen LogP contribution >= 0.6 is 0 Å². The van der Waals surface area contributed by atoms with Crippen molar-refractivity contribution in [1.82, 2.24) is 15.1 Å². The summed E-state index contributed by atoms with van der Waals surface area (Å²) in [5.74, 6) is -0.596. The summed E-state index contributed by atoms with van der Waals surface area (Å²) in [6.45, 7) is 3.04. The van der Waals surface area contributed by atoms with Crippen molar-refractivity contribution >= 4 is 17.5 Å². The molecule has 1 N–H and O–H groups in total. The number of hydrogen-bond donors (Lipinski definition) is 1. The largest absolute Gasteiger partial charge is 0.343 e. The predicted octanol–water partition coefficient (Wildman–Crippen LogP) is 1.41. The van der Waals surface area contributed by atoms with Gasteiger partial charge in [-0.15, -0.1) is 0 Å². The second-order valence-corrected chi connectivity index (χ2v) is 6.85. The van der Waals surface area contributed by atoms with Crippen LogP contribution in [-0.2, 0) is 4.79 Å². The number of non-ortho nitro benzene ring substituents is 1. The number of piperazine rings is 1. The second kappa shape index (κ2) is 8.27. The Hall–Kier alpha value is -2.48. The van der Waals surface area contributed by atoms with Gasteiger partial charge >= 0.3 is 0 Å². The Bertz CT molecular complexity index is 680. The third-order valence-electron chi connectivity index (χ3n) is 5.23. The first-order valence-corrected chi connectivity index (χ1v) is 9.09. The molecule has 0 spiro atoms. The van der Waals surface area contributed by atoms with E-state index in [0.717, 1.165) is 13.1 Å². The minimum atomic E-state index is -0.550. The zero-order valence-electron chi connectivity index (χ0n) is 14.7. The average Bonchev–Trinajstić information content (AvgIpc) is 3.21. The number of benzene rings is 1. The molecule has 1 saturated heterocycles. The molecule has 0 bridgehead atoms. The molecule has 2 fully saturated rings. The van der Waals surface area contributed by atoms with Crippen molar-refractivity contribution in [1.29, 1.82) is 0 Å². The SMILES string of the molecule is O=C(NCC(=O)N1CCN(C2CCCC2)CC1)c1cccc([N+](=O)[O-])c1. The van der Waals surface area contributed by atoms with Crippen LogP contribution < -0.4 is 5.32 Å². The predicted molar refractivity (Wildman–Crippen MR) is 95.8 cm³/mol. The highest BCUT2D eigenvalue weighted by molar-refractivity contribution is 5.96. The molecule has 1 aromatic carbocycles. The first kappa shape index (κ1) is 18.3. The van der Waals surface area contributed by atoms with Gasteiger partial charge in [-0.2, -0.15) is 0 Å². The van der Waals surface area contributed by atoms with Gasteiger partial charge < -0.3 is 10.2 Å². The Morgan fingerprint density at radius 2 is 1.85 bits per heavy atom. The summed E-state index contributed by atoms with van der Waals surface area (Å²) in [5, 5.41) is 13.3. The summed E-state index contributed by atoms with van der Waals surface area (Å²) in [4.78, 5) is 38.9. The van der Waals surface area contributed by atoms with Gasteiger partial charge in [0.25, 0.3) is 11.6 Å². The number of hydrogen-bond acceptors (Lipinski definition) is 5. The normalized spacial score (nSPS) is 18.7. The molecule has 2 aliphatic rings. The van der Waals surface area contributed by atoms with E-state index in [0.29, 0.717) is 19.1 Å². The van der Waals surface area contributed by atoms with E-state index in [9.17, 15) is 19.7 Å². The van der Waals surface area contributed by atoms with Gasteiger partial charge in [-0.3, -0.25) is 24.6 Å². The molecule has 2 amide bonds. The number of carbonyl (C=O) groups is 2. The van der Waals surface area contributed by atoms with Crippen molar-refractivity contribution < 1.29 is 14.5 Å². The van der Waals surface area contributed by atoms with Gasteiger partial charge in [0.1, 0.15) is 0 Å². The molecule has 0 radical (unpaired) electrons. The molecular weight excluding hydrogens is 336 g/mol. The monoisotopic (exact) mass is 360 g/mol. The second-order valence-electron chi connectivity index (χ2n) is 6.85. The van der Waals surface area contributed by atoms with Crippen LogP contribution in [0, 0.1) is 10.1 Å². The molecule has 3 rings (SSSR count). The molecule has 140 valence electrons. The molecule has 0 aromatic heterocycles. The summed E-state index contributed by atoms with van der Waals surface area (Å²) >= 11 is 0. The fourth-order valence-corrected chi connectivity index (χ4v) is 3.74. The summed E-state index contributed by atoms with van der Waals surface area (Å²) in [7, 11) is 0. The van der Waals surface area contributed by atoms with Gasteiger partial charge in [-0.05, 0) is 18.9 Å². The molecule has 8 heteroatoms. The first-order chi connectivity index (χ1) is 12.5. The topological polar surface area (TPSA) is 95.8 Å². The highest BCUT2D eigenvalue weighted by Gasteiger charge is 2.27. The molecule has 1 aromatic rings. The molecule has 0 atom stereocenters. The minimum Gasteiger partial charge on any atom is -0.343 e. The molecule has 1 heterocycles.